The monoisotopic (exact) mass is 285 g/mol. The minimum Gasteiger partial charge on any atom is -0.358 e. The largest absolute Gasteiger partial charge is 0.466 e. The van der Waals surface area contributed by atoms with E-state index < -0.39 is 7.82 Å². The summed E-state index contributed by atoms with van der Waals surface area (Å²) >= 11 is 0. The zero-order chi connectivity index (χ0) is 14.3. The van der Waals surface area contributed by atoms with Gasteiger partial charge < -0.3 is 19.7 Å². The van der Waals surface area contributed by atoms with Crippen molar-refractivity contribution in [3.8, 4) is 0 Å². The highest BCUT2D eigenvalue weighted by Crippen LogP contribution is 2.25. The van der Waals surface area contributed by atoms with Crippen molar-refractivity contribution in [3.63, 3.8) is 0 Å². The van der Waals surface area contributed by atoms with Gasteiger partial charge in [-0.05, 0) is 30.4 Å². The van der Waals surface area contributed by atoms with Crippen LogP contribution in [0.2, 0.25) is 0 Å². The molecule has 0 saturated carbocycles. The maximum Gasteiger partial charge on any atom is 0.466 e. The summed E-state index contributed by atoms with van der Waals surface area (Å²) in [5.74, 6) is 0. The van der Waals surface area contributed by atoms with E-state index in [-0.39, 0.29) is 0 Å². The fraction of sp³-hybridized carbons (Fsp3) is 0.385. The molecule has 0 saturated heterocycles. The highest BCUT2D eigenvalue weighted by atomic mass is 31.2. The average Bonchev–Trinajstić information content (AvgIpc) is 2.69. The number of benzene rings is 1. The number of unbranched alkanes of at least 4 members (excludes halogenated alkanes) is 2. The number of aryl methyl sites for hydroxylation is 1. The smallest absolute Gasteiger partial charge is 0.358 e. The van der Waals surface area contributed by atoms with Crippen LogP contribution in [-0.2, 0) is 11.0 Å². The molecule has 0 radical (unpaired) electrons. The van der Waals surface area contributed by atoms with Gasteiger partial charge in [0.1, 0.15) is 0 Å². The van der Waals surface area contributed by atoms with Crippen LogP contribution in [0.3, 0.4) is 0 Å². The van der Waals surface area contributed by atoms with E-state index in [9.17, 15) is 0 Å². The fourth-order valence-electron chi connectivity index (χ4n) is 1.83. The predicted molar refractivity (Wildman–Crippen MR) is 75.8 cm³/mol. The summed E-state index contributed by atoms with van der Waals surface area (Å²) in [6, 6.07) is 10.7. The van der Waals surface area contributed by atoms with Crippen LogP contribution < -0.4 is 0 Å². The van der Waals surface area contributed by atoms with Crippen LogP contribution in [0.15, 0.2) is 30.3 Å². The van der Waals surface area contributed by atoms with E-state index in [0.29, 0.717) is 0 Å². The standard InChI is InChI=1S/C13H17N.H3O4P/c1-2-3-4-8-12-10-11-7-5-6-9-13(11)14-12;1-5(2,3)4/h5-7,9-10,14H,2-4,8H2,1H3;(H3,1,2,3,4). The number of H-pyrrole nitrogens is 1. The Morgan fingerprint density at radius 1 is 1.16 bits per heavy atom. The Balaban J connectivity index is 0.000000312. The van der Waals surface area contributed by atoms with Gasteiger partial charge in [0.15, 0.2) is 0 Å². The van der Waals surface area contributed by atoms with E-state index >= 15 is 0 Å². The Kier molecular flexibility index (Phi) is 6.25. The van der Waals surface area contributed by atoms with Gasteiger partial charge in [0.2, 0.25) is 0 Å². The third-order valence-electron chi connectivity index (χ3n) is 2.64. The topological polar surface area (TPSA) is 93.6 Å². The normalized spacial score (nSPS) is 11.2. The van der Waals surface area contributed by atoms with Gasteiger partial charge >= 0.3 is 7.82 Å². The van der Waals surface area contributed by atoms with E-state index in [1.807, 2.05) is 0 Å². The summed E-state index contributed by atoms with van der Waals surface area (Å²) in [5.41, 5.74) is 2.64. The van der Waals surface area contributed by atoms with Crippen LogP contribution in [0.4, 0.5) is 0 Å². The molecule has 0 spiro atoms. The average molecular weight is 285 g/mol. The molecule has 2 aromatic rings. The number of nitrogens with one attached hydrogen (secondary N) is 1. The van der Waals surface area contributed by atoms with Gasteiger partial charge in [-0.15, -0.1) is 0 Å². The first-order chi connectivity index (χ1) is 8.90. The second-order valence-electron chi connectivity index (χ2n) is 4.35. The van der Waals surface area contributed by atoms with E-state index in [1.54, 1.807) is 0 Å². The van der Waals surface area contributed by atoms with Gasteiger partial charge in [-0.2, -0.15) is 0 Å². The van der Waals surface area contributed by atoms with Gasteiger partial charge in [-0.1, -0.05) is 38.0 Å². The van der Waals surface area contributed by atoms with Gasteiger partial charge in [0.25, 0.3) is 0 Å². The van der Waals surface area contributed by atoms with E-state index in [4.69, 9.17) is 19.2 Å². The fourth-order valence-corrected chi connectivity index (χ4v) is 1.83. The van der Waals surface area contributed by atoms with Crippen molar-refractivity contribution in [2.75, 3.05) is 0 Å². The van der Waals surface area contributed by atoms with Crippen molar-refractivity contribution in [1.82, 2.24) is 4.98 Å². The molecule has 0 aliphatic rings. The van der Waals surface area contributed by atoms with Crippen LogP contribution in [0.25, 0.3) is 10.9 Å². The molecule has 1 aromatic carbocycles. The Morgan fingerprint density at radius 2 is 1.79 bits per heavy atom. The number of rotatable bonds is 4. The zero-order valence-electron chi connectivity index (χ0n) is 10.9. The van der Waals surface area contributed by atoms with Gasteiger partial charge in [0, 0.05) is 11.2 Å². The minimum atomic E-state index is -4.64. The predicted octanol–water partition coefficient (Wildman–Crippen LogP) is 2.97. The molecule has 4 N–H and O–H groups in total. The summed E-state index contributed by atoms with van der Waals surface area (Å²) in [4.78, 5) is 25.0. The van der Waals surface area contributed by atoms with Crippen molar-refractivity contribution in [2.24, 2.45) is 0 Å². The summed E-state index contributed by atoms with van der Waals surface area (Å²) in [5, 5.41) is 1.33. The maximum absolute atomic E-state index is 8.88. The molecule has 0 aliphatic heterocycles. The molecule has 19 heavy (non-hydrogen) atoms. The lowest BCUT2D eigenvalue weighted by Gasteiger charge is -1.95. The van der Waals surface area contributed by atoms with Crippen molar-refractivity contribution >= 4 is 18.7 Å². The summed E-state index contributed by atoms with van der Waals surface area (Å²) < 4.78 is 8.88. The molecule has 1 aromatic heterocycles. The first-order valence-electron chi connectivity index (χ1n) is 6.25. The van der Waals surface area contributed by atoms with Gasteiger partial charge in [0.05, 0.1) is 0 Å². The molecular weight excluding hydrogens is 265 g/mol. The van der Waals surface area contributed by atoms with Gasteiger partial charge in [-0.3, -0.25) is 0 Å². The number of fused-ring (bicyclic) bond motifs is 1. The summed E-state index contributed by atoms with van der Waals surface area (Å²) in [7, 11) is -4.64. The molecule has 5 nitrogen and oxygen atoms in total. The van der Waals surface area contributed by atoms with E-state index in [1.165, 1.54) is 42.3 Å². The molecule has 6 heteroatoms. The van der Waals surface area contributed by atoms with Crippen LogP contribution in [-0.4, -0.2) is 19.7 Å². The van der Waals surface area contributed by atoms with Crippen molar-refractivity contribution in [1.29, 1.82) is 0 Å². The first-order valence-corrected chi connectivity index (χ1v) is 7.81. The maximum atomic E-state index is 8.88. The molecule has 0 unspecified atom stereocenters. The van der Waals surface area contributed by atoms with Crippen molar-refractivity contribution in [2.45, 2.75) is 32.6 Å². The Morgan fingerprint density at radius 3 is 2.37 bits per heavy atom. The molecule has 106 valence electrons. The molecule has 0 atom stereocenters. The Hall–Kier alpha value is -1.13. The first kappa shape index (κ1) is 15.9. The minimum absolute atomic E-state index is 1.18. The Labute approximate surface area is 112 Å². The molecule has 1 heterocycles. The lowest BCUT2D eigenvalue weighted by molar-refractivity contribution is 0.275. The number of hydrogen-bond donors (Lipinski definition) is 4. The Bertz CT molecular complexity index is 505. The number of phosphoric acid groups is 1. The second-order valence-corrected chi connectivity index (χ2v) is 5.38. The van der Waals surface area contributed by atoms with Crippen LogP contribution >= 0.6 is 7.82 Å². The van der Waals surface area contributed by atoms with Crippen LogP contribution in [0.5, 0.6) is 0 Å². The highest BCUT2D eigenvalue weighted by Gasteiger charge is 2.00. The summed E-state index contributed by atoms with van der Waals surface area (Å²) in [6.45, 7) is 2.24. The van der Waals surface area contributed by atoms with E-state index in [2.05, 4.69) is 42.2 Å². The number of aromatic nitrogens is 1. The lowest BCUT2D eigenvalue weighted by atomic mass is 10.1. The highest BCUT2D eigenvalue weighted by molar-refractivity contribution is 7.45. The van der Waals surface area contributed by atoms with E-state index in [0.717, 1.165) is 0 Å². The number of para-hydroxylation sites is 1. The number of hydrogen-bond acceptors (Lipinski definition) is 1. The molecule has 0 fully saturated rings. The quantitative estimate of drug-likeness (QED) is 0.513. The molecular formula is C13H20NO4P. The molecule has 0 bridgehead atoms. The third-order valence-corrected chi connectivity index (χ3v) is 2.64. The zero-order valence-corrected chi connectivity index (χ0v) is 11.8. The van der Waals surface area contributed by atoms with Crippen molar-refractivity contribution < 1.29 is 19.2 Å². The van der Waals surface area contributed by atoms with Gasteiger partial charge in [-0.25, -0.2) is 4.57 Å². The molecule has 0 amide bonds. The van der Waals surface area contributed by atoms with Crippen LogP contribution in [0, 0.1) is 0 Å². The number of aromatic amines is 1. The van der Waals surface area contributed by atoms with Crippen molar-refractivity contribution in [3.05, 3.63) is 36.0 Å². The molecule has 0 aliphatic carbocycles. The molecule has 2 rings (SSSR count). The summed E-state index contributed by atoms with van der Waals surface area (Å²) in [6.07, 6.45) is 5.10. The lowest BCUT2D eigenvalue weighted by Crippen LogP contribution is -1.84. The van der Waals surface area contributed by atoms with Crippen LogP contribution in [0.1, 0.15) is 31.9 Å². The SMILES string of the molecule is CCCCCc1cc2ccccc2[nH]1.O=P(O)(O)O. The second kappa shape index (κ2) is 7.46. The third kappa shape index (κ3) is 7.13.